The van der Waals surface area contributed by atoms with Crippen molar-refractivity contribution >= 4 is 10.0 Å². The van der Waals surface area contributed by atoms with Crippen LogP contribution in [0, 0.1) is 6.92 Å². The van der Waals surface area contributed by atoms with E-state index in [-0.39, 0.29) is 18.0 Å². The highest BCUT2D eigenvalue weighted by Gasteiger charge is 2.23. The van der Waals surface area contributed by atoms with Crippen molar-refractivity contribution in [3.8, 4) is 11.3 Å². The summed E-state index contributed by atoms with van der Waals surface area (Å²) in [6.45, 7) is 4.07. The van der Waals surface area contributed by atoms with Crippen molar-refractivity contribution in [3.63, 3.8) is 0 Å². The zero-order valence-electron chi connectivity index (χ0n) is 13.4. The van der Waals surface area contributed by atoms with E-state index >= 15 is 0 Å². The zero-order valence-corrected chi connectivity index (χ0v) is 14.2. The fourth-order valence-electron chi connectivity index (χ4n) is 2.24. The van der Waals surface area contributed by atoms with Crippen molar-refractivity contribution < 1.29 is 17.9 Å². The quantitative estimate of drug-likeness (QED) is 0.799. The first kappa shape index (κ1) is 17.7. The summed E-state index contributed by atoms with van der Waals surface area (Å²) in [7, 11) is -3.60. The van der Waals surface area contributed by atoms with E-state index in [1.807, 2.05) is 6.92 Å². The Hall–Kier alpha value is -1.70. The average molecular weight is 338 g/mol. The summed E-state index contributed by atoms with van der Waals surface area (Å²) in [4.78, 5) is 4.43. The number of rotatable bonds is 8. The van der Waals surface area contributed by atoms with Gasteiger partial charge in [-0.15, -0.1) is 0 Å². The zero-order chi connectivity index (χ0) is 16.9. The Bertz CT molecular complexity index is 723. The second-order valence-corrected chi connectivity index (χ2v) is 7.20. The molecule has 1 N–H and O–H groups in total. The van der Waals surface area contributed by atoms with Crippen LogP contribution in [0.2, 0.25) is 0 Å². The highest BCUT2D eigenvalue weighted by molar-refractivity contribution is 7.89. The molecule has 0 amide bonds. The summed E-state index contributed by atoms with van der Waals surface area (Å²) >= 11 is 0. The minimum absolute atomic E-state index is 0.104. The van der Waals surface area contributed by atoms with Gasteiger partial charge in [-0.25, -0.2) is 13.4 Å². The molecule has 0 fully saturated rings. The highest BCUT2D eigenvalue weighted by Crippen LogP contribution is 2.22. The van der Waals surface area contributed by atoms with Gasteiger partial charge in [0.2, 0.25) is 10.0 Å². The summed E-state index contributed by atoms with van der Waals surface area (Å²) < 4.78 is 31.8. The Labute approximate surface area is 136 Å². The summed E-state index contributed by atoms with van der Waals surface area (Å²) in [5.74, 6) is 0.561. The van der Waals surface area contributed by atoms with Crippen LogP contribution in [-0.2, 0) is 10.0 Å². The molecule has 2 rings (SSSR count). The first-order valence-corrected chi connectivity index (χ1v) is 9.06. The van der Waals surface area contributed by atoms with E-state index in [4.69, 9.17) is 9.52 Å². The molecule has 0 unspecified atom stereocenters. The van der Waals surface area contributed by atoms with Gasteiger partial charge >= 0.3 is 0 Å². The van der Waals surface area contributed by atoms with E-state index < -0.39 is 10.0 Å². The lowest BCUT2D eigenvalue weighted by Gasteiger charge is -2.21. The minimum atomic E-state index is -3.60. The monoisotopic (exact) mass is 338 g/mol. The molecule has 0 radical (unpaired) electrons. The summed E-state index contributed by atoms with van der Waals surface area (Å²) in [6.07, 6.45) is 3.19. The number of unbranched alkanes of at least 4 members (excludes halogenated alkanes) is 1. The summed E-state index contributed by atoms with van der Waals surface area (Å²) in [6, 6.07) is 6.54. The molecule has 1 aromatic carbocycles. The van der Waals surface area contributed by atoms with Gasteiger partial charge in [0.15, 0.2) is 5.89 Å². The van der Waals surface area contributed by atoms with E-state index in [1.165, 1.54) is 10.6 Å². The van der Waals surface area contributed by atoms with Gasteiger partial charge in [0.05, 0.1) is 11.5 Å². The van der Waals surface area contributed by atoms with Crippen molar-refractivity contribution in [1.29, 1.82) is 0 Å². The van der Waals surface area contributed by atoms with Crippen molar-refractivity contribution in [1.82, 2.24) is 9.29 Å². The lowest BCUT2D eigenvalue weighted by atomic mass is 10.2. The molecule has 0 saturated heterocycles. The smallest absolute Gasteiger partial charge is 0.243 e. The SMILES string of the molecule is CCCCN(CCO)S(=O)(=O)c1ccc(-c2coc(C)n2)cc1. The van der Waals surface area contributed by atoms with Crippen LogP contribution in [0.3, 0.4) is 0 Å². The van der Waals surface area contributed by atoms with Crippen LogP contribution in [-0.4, -0.2) is 42.5 Å². The topological polar surface area (TPSA) is 83.6 Å². The summed E-state index contributed by atoms with van der Waals surface area (Å²) in [5.41, 5.74) is 1.47. The fourth-order valence-corrected chi connectivity index (χ4v) is 3.71. The van der Waals surface area contributed by atoms with Gasteiger partial charge in [0.25, 0.3) is 0 Å². The first-order chi connectivity index (χ1) is 11.0. The lowest BCUT2D eigenvalue weighted by molar-refractivity contribution is 0.252. The van der Waals surface area contributed by atoms with Crippen molar-refractivity contribution in [2.24, 2.45) is 0 Å². The molecular formula is C16H22N2O4S. The van der Waals surface area contributed by atoms with Gasteiger partial charge in [-0.05, 0) is 18.6 Å². The third kappa shape index (κ3) is 4.19. The Morgan fingerprint density at radius 2 is 1.91 bits per heavy atom. The van der Waals surface area contributed by atoms with Crippen molar-refractivity contribution in [2.75, 3.05) is 19.7 Å². The van der Waals surface area contributed by atoms with Crippen LogP contribution in [0.5, 0.6) is 0 Å². The maximum Gasteiger partial charge on any atom is 0.243 e. The minimum Gasteiger partial charge on any atom is -0.449 e. The van der Waals surface area contributed by atoms with Crippen LogP contribution >= 0.6 is 0 Å². The van der Waals surface area contributed by atoms with Gasteiger partial charge in [-0.2, -0.15) is 4.31 Å². The predicted molar refractivity (Wildman–Crippen MR) is 87.4 cm³/mol. The molecule has 0 aliphatic carbocycles. The molecule has 0 spiro atoms. The molecule has 23 heavy (non-hydrogen) atoms. The molecule has 1 aromatic heterocycles. The number of benzene rings is 1. The van der Waals surface area contributed by atoms with E-state index in [9.17, 15) is 8.42 Å². The highest BCUT2D eigenvalue weighted by atomic mass is 32.2. The van der Waals surface area contributed by atoms with Gasteiger partial charge in [-0.3, -0.25) is 0 Å². The fraction of sp³-hybridized carbons (Fsp3) is 0.438. The Morgan fingerprint density at radius 1 is 1.22 bits per heavy atom. The van der Waals surface area contributed by atoms with E-state index in [2.05, 4.69) is 4.98 Å². The number of oxazole rings is 1. The standard InChI is InChI=1S/C16H22N2O4S/c1-3-4-9-18(10-11-19)23(20,21)15-7-5-14(6-8-15)16-12-22-13(2)17-16/h5-8,12,19H,3-4,9-11H2,1-2H3. The molecule has 0 saturated carbocycles. The number of aliphatic hydroxyl groups is 1. The predicted octanol–water partition coefficient (Wildman–Crippen LogP) is 2.43. The molecule has 7 heteroatoms. The molecular weight excluding hydrogens is 316 g/mol. The molecule has 2 aromatic rings. The molecule has 1 heterocycles. The van der Waals surface area contributed by atoms with Crippen LogP contribution in [0.15, 0.2) is 39.8 Å². The van der Waals surface area contributed by atoms with Crippen molar-refractivity contribution in [2.45, 2.75) is 31.6 Å². The Morgan fingerprint density at radius 3 is 2.43 bits per heavy atom. The molecule has 0 atom stereocenters. The third-order valence-corrected chi connectivity index (χ3v) is 5.43. The largest absolute Gasteiger partial charge is 0.449 e. The number of aromatic nitrogens is 1. The van der Waals surface area contributed by atoms with Crippen molar-refractivity contribution in [3.05, 3.63) is 36.4 Å². The number of sulfonamides is 1. The molecule has 126 valence electrons. The number of hydrogen-bond donors (Lipinski definition) is 1. The van der Waals surface area contributed by atoms with Crippen LogP contribution in [0.1, 0.15) is 25.7 Å². The summed E-state index contributed by atoms with van der Waals surface area (Å²) in [5, 5.41) is 9.12. The second kappa shape index (κ2) is 7.72. The molecule has 0 bridgehead atoms. The molecule has 0 aliphatic rings. The van der Waals surface area contributed by atoms with Gasteiger partial charge in [-0.1, -0.05) is 25.5 Å². The van der Waals surface area contributed by atoms with Crippen LogP contribution in [0.4, 0.5) is 0 Å². The van der Waals surface area contributed by atoms with Crippen LogP contribution < -0.4 is 0 Å². The van der Waals surface area contributed by atoms with E-state index in [0.717, 1.165) is 18.4 Å². The number of hydrogen-bond acceptors (Lipinski definition) is 5. The Kier molecular flexibility index (Phi) is 5.92. The maximum absolute atomic E-state index is 12.7. The first-order valence-electron chi connectivity index (χ1n) is 7.62. The van der Waals surface area contributed by atoms with Gasteiger partial charge < -0.3 is 9.52 Å². The lowest BCUT2D eigenvalue weighted by Crippen LogP contribution is -2.34. The van der Waals surface area contributed by atoms with Gasteiger partial charge in [0.1, 0.15) is 12.0 Å². The second-order valence-electron chi connectivity index (χ2n) is 5.26. The van der Waals surface area contributed by atoms with Crippen LogP contribution in [0.25, 0.3) is 11.3 Å². The van der Waals surface area contributed by atoms with E-state index in [0.29, 0.717) is 18.1 Å². The number of aryl methyl sites for hydroxylation is 1. The molecule has 0 aliphatic heterocycles. The molecule has 6 nitrogen and oxygen atoms in total. The Balaban J connectivity index is 2.25. The average Bonchev–Trinajstić information content (AvgIpc) is 2.98. The van der Waals surface area contributed by atoms with Gasteiger partial charge in [0, 0.05) is 25.6 Å². The number of aliphatic hydroxyl groups excluding tert-OH is 1. The van der Waals surface area contributed by atoms with E-state index in [1.54, 1.807) is 31.2 Å². The third-order valence-electron chi connectivity index (χ3n) is 3.52. The normalized spacial score (nSPS) is 12.0. The maximum atomic E-state index is 12.7. The number of nitrogens with zero attached hydrogens (tertiary/aromatic N) is 2.